The monoisotopic (exact) mass is 279 g/mol. The van der Waals surface area contributed by atoms with Crippen molar-refractivity contribution in [3.8, 4) is 0 Å². The van der Waals surface area contributed by atoms with Crippen LogP contribution in [0.15, 0.2) is 24.3 Å². The fourth-order valence-electron chi connectivity index (χ4n) is 2.54. The summed E-state index contributed by atoms with van der Waals surface area (Å²) in [6.45, 7) is 6.43. The van der Waals surface area contributed by atoms with E-state index in [0.717, 1.165) is 11.3 Å². The number of hydrogen-bond acceptors (Lipinski definition) is 3. The Morgan fingerprint density at radius 2 is 2.11 bits per heavy atom. The van der Waals surface area contributed by atoms with E-state index in [1.807, 2.05) is 23.1 Å². The quantitative estimate of drug-likeness (QED) is 0.776. The van der Waals surface area contributed by atoms with Gasteiger partial charge in [-0.25, -0.2) is 0 Å². The second-order valence-electron chi connectivity index (χ2n) is 5.30. The Morgan fingerprint density at radius 1 is 1.42 bits per heavy atom. The van der Waals surface area contributed by atoms with Gasteiger partial charge in [0.2, 0.25) is 0 Å². The summed E-state index contributed by atoms with van der Waals surface area (Å²) in [5.74, 6) is -0.257. The van der Waals surface area contributed by atoms with Crippen molar-refractivity contribution < 1.29 is 9.53 Å². The van der Waals surface area contributed by atoms with Crippen LogP contribution in [0, 0.1) is 0 Å². The van der Waals surface area contributed by atoms with Gasteiger partial charge in [-0.3, -0.25) is 4.79 Å². The van der Waals surface area contributed by atoms with E-state index in [1.165, 1.54) is 12.7 Å². The summed E-state index contributed by atoms with van der Waals surface area (Å²) in [4.78, 5) is 13.6. The molecule has 0 spiro atoms. The number of benzene rings is 1. The first-order chi connectivity index (χ1) is 8.85. The van der Waals surface area contributed by atoms with Gasteiger partial charge in [0.1, 0.15) is 6.54 Å². The van der Waals surface area contributed by atoms with Crippen LogP contribution < -0.4 is 4.90 Å². The van der Waals surface area contributed by atoms with Crippen molar-refractivity contribution in [2.24, 2.45) is 0 Å². The number of ether oxygens (including phenoxy) is 1. The average molecular weight is 280 g/mol. The minimum absolute atomic E-state index is 0.209. The summed E-state index contributed by atoms with van der Waals surface area (Å²) < 4.78 is 4.78. The highest BCUT2D eigenvalue weighted by Gasteiger charge is 2.32. The fraction of sp³-hybridized carbons (Fsp3) is 0.400. The van der Waals surface area contributed by atoms with Crippen LogP contribution in [0.2, 0.25) is 5.02 Å². The van der Waals surface area contributed by atoms with E-state index >= 15 is 0 Å². The highest BCUT2D eigenvalue weighted by atomic mass is 35.5. The Morgan fingerprint density at radius 3 is 2.74 bits per heavy atom. The molecule has 0 unspecified atom stereocenters. The fourth-order valence-corrected chi connectivity index (χ4v) is 2.71. The molecule has 1 aromatic rings. The Balaban J connectivity index is 2.52. The van der Waals surface area contributed by atoms with Crippen LogP contribution >= 0.6 is 11.6 Å². The molecule has 0 saturated carbocycles. The van der Waals surface area contributed by atoms with Crippen LogP contribution in [0.1, 0.15) is 26.3 Å². The average Bonchev–Trinajstić information content (AvgIpc) is 2.33. The van der Waals surface area contributed by atoms with Crippen molar-refractivity contribution in [1.82, 2.24) is 0 Å². The SMILES string of the molecule is COC(=O)CN1c2cc(Cl)ccc2C(C)=CC1(C)C. The molecule has 0 aromatic heterocycles. The second kappa shape index (κ2) is 4.89. The van der Waals surface area contributed by atoms with Gasteiger partial charge < -0.3 is 9.64 Å². The zero-order valence-corrected chi connectivity index (χ0v) is 12.4. The molecule has 0 atom stereocenters. The molecule has 0 amide bonds. The summed E-state index contributed by atoms with van der Waals surface area (Å²) in [5, 5.41) is 0.666. The predicted molar refractivity (Wildman–Crippen MR) is 78.5 cm³/mol. The van der Waals surface area contributed by atoms with Gasteiger partial charge in [0, 0.05) is 16.3 Å². The van der Waals surface area contributed by atoms with Crippen LogP contribution in [0.4, 0.5) is 5.69 Å². The van der Waals surface area contributed by atoms with Crippen molar-refractivity contribution in [2.45, 2.75) is 26.3 Å². The molecule has 0 aliphatic carbocycles. The molecule has 1 aliphatic heterocycles. The number of halogens is 1. The number of fused-ring (bicyclic) bond motifs is 1. The van der Waals surface area contributed by atoms with E-state index in [2.05, 4.69) is 26.8 Å². The van der Waals surface area contributed by atoms with E-state index in [1.54, 1.807) is 0 Å². The molecular formula is C15H18ClNO2. The molecule has 19 heavy (non-hydrogen) atoms. The van der Waals surface area contributed by atoms with Gasteiger partial charge in [0.25, 0.3) is 0 Å². The number of hydrogen-bond donors (Lipinski definition) is 0. The van der Waals surface area contributed by atoms with Gasteiger partial charge in [-0.15, -0.1) is 0 Å². The molecule has 0 N–H and O–H groups in total. The van der Waals surface area contributed by atoms with Gasteiger partial charge in [0.15, 0.2) is 0 Å². The number of methoxy groups -OCH3 is 1. The lowest BCUT2D eigenvalue weighted by atomic mass is 9.89. The molecule has 0 radical (unpaired) electrons. The molecule has 3 nitrogen and oxygen atoms in total. The molecule has 1 heterocycles. The zero-order valence-electron chi connectivity index (χ0n) is 11.7. The highest BCUT2D eigenvalue weighted by Crippen LogP contribution is 2.39. The summed E-state index contributed by atoms with van der Waals surface area (Å²) in [6.07, 6.45) is 2.16. The largest absolute Gasteiger partial charge is 0.468 e. The van der Waals surface area contributed by atoms with Gasteiger partial charge in [-0.05, 0) is 38.5 Å². The molecule has 1 aromatic carbocycles. The van der Waals surface area contributed by atoms with Crippen molar-refractivity contribution in [2.75, 3.05) is 18.6 Å². The molecule has 2 rings (SSSR count). The Hall–Kier alpha value is -1.48. The number of nitrogens with zero attached hydrogens (tertiary/aromatic N) is 1. The number of rotatable bonds is 2. The summed E-state index contributed by atoms with van der Waals surface area (Å²) in [6, 6.07) is 5.76. The lowest BCUT2D eigenvalue weighted by Crippen LogP contribution is -2.48. The molecule has 0 saturated heterocycles. The van der Waals surface area contributed by atoms with Gasteiger partial charge in [-0.1, -0.05) is 23.7 Å². The van der Waals surface area contributed by atoms with Crippen LogP contribution in [0.3, 0.4) is 0 Å². The standard InChI is InChI=1S/C15H18ClNO2/c1-10-8-15(2,3)17(9-14(18)19-4)13-7-11(16)5-6-12(10)13/h5-8H,9H2,1-4H3. The third kappa shape index (κ3) is 2.61. The lowest BCUT2D eigenvalue weighted by molar-refractivity contribution is -0.139. The lowest BCUT2D eigenvalue weighted by Gasteiger charge is -2.42. The number of carbonyl (C=O) groups excluding carboxylic acids is 1. The molecule has 4 heteroatoms. The molecule has 0 fully saturated rings. The number of anilines is 1. The van der Waals surface area contributed by atoms with Crippen LogP contribution in [0.25, 0.3) is 5.57 Å². The van der Waals surface area contributed by atoms with Gasteiger partial charge in [0.05, 0.1) is 12.6 Å². The Kier molecular flexibility index (Phi) is 3.59. The molecule has 1 aliphatic rings. The van der Waals surface area contributed by atoms with Crippen LogP contribution in [0.5, 0.6) is 0 Å². The molecular weight excluding hydrogens is 262 g/mol. The maximum absolute atomic E-state index is 11.6. The first kappa shape index (κ1) is 13.9. The normalized spacial score (nSPS) is 16.7. The Labute approximate surface area is 118 Å². The maximum Gasteiger partial charge on any atom is 0.325 e. The van der Waals surface area contributed by atoms with E-state index in [0.29, 0.717) is 5.02 Å². The van der Waals surface area contributed by atoms with Crippen LogP contribution in [-0.4, -0.2) is 25.2 Å². The summed E-state index contributed by atoms with van der Waals surface area (Å²) >= 11 is 6.09. The maximum atomic E-state index is 11.6. The zero-order chi connectivity index (χ0) is 14.2. The molecule has 0 bridgehead atoms. The third-order valence-electron chi connectivity index (χ3n) is 3.46. The summed E-state index contributed by atoms with van der Waals surface area (Å²) in [5.41, 5.74) is 3.02. The van der Waals surface area contributed by atoms with Crippen molar-refractivity contribution in [3.05, 3.63) is 34.9 Å². The number of esters is 1. The van der Waals surface area contributed by atoms with Gasteiger partial charge >= 0.3 is 5.97 Å². The number of allylic oxidation sites excluding steroid dienone is 1. The van der Waals surface area contributed by atoms with E-state index in [9.17, 15) is 4.79 Å². The summed E-state index contributed by atoms with van der Waals surface area (Å²) in [7, 11) is 1.40. The van der Waals surface area contributed by atoms with E-state index in [4.69, 9.17) is 16.3 Å². The van der Waals surface area contributed by atoms with Gasteiger partial charge in [-0.2, -0.15) is 0 Å². The van der Waals surface area contributed by atoms with Crippen LogP contribution in [-0.2, 0) is 9.53 Å². The first-order valence-electron chi connectivity index (χ1n) is 6.19. The predicted octanol–water partition coefficient (Wildman–Crippen LogP) is 3.51. The number of carbonyl (C=O) groups is 1. The third-order valence-corrected chi connectivity index (χ3v) is 3.69. The topological polar surface area (TPSA) is 29.5 Å². The minimum Gasteiger partial charge on any atom is -0.468 e. The second-order valence-corrected chi connectivity index (χ2v) is 5.74. The van der Waals surface area contributed by atoms with Crippen molar-refractivity contribution >= 4 is 28.8 Å². The minimum atomic E-state index is -0.257. The van der Waals surface area contributed by atoms with E-state index in [-0.39, 0.29) is 18.1 Å². The first-order valence-corrected chi connectivity index (χ1v) is 6.57. The van der Waals surface area contributed by atoms with E-state index < -0.39 is 0 Å². The smallest absolute Gasteiger partial charge is 0.325 e. The molecule has 102 valence electrons. The highest BCUT2D eigenvalue weighted by molar-refractivity contribution is 6.31. The van der Waals surface area contributed by atoms with Crippen molar-refractivity contribution in [3.63, 3.8) is 0 Å². The Bertz CT molecular complexity index is 549. The van der Waals surface area contributed by atoms with Crippen molar-refractivity contribution in [1.29, 1.82) is 0 Å².